The van der Waals surface area contributed by atoms with Crippen LogP contribution in [0.2, 0.25) is 0 Å². The average Bonchev–Trinajstić information content (AvgIpc) is 3.47. The van der Waals surface area contributed by atoms with Crippen LogP contribution in [0.15, 0.2) is 64.7 Å². The fourth-order valence-corrected chi connectivity index (χ4v) is 8.42. The van der Waals surface area contributed by atoms with Gasteiger partial charge >= 0.3 is 0 Å². The molecule has 11 nitrogen and oxygen atoms in total. The smallest absolute Gasteiger partial charge is 0.265 e. The van der Waals surface area contributed by atoms with Gasteiger partial charge in [-0.15, -0.1) is 0 Å². The molecule has 3 aliphatic carbocycles. The summed E-state index contributed by atoms with van der Waals surface area (Å²) in [5.41, 5.74) is 0.142. The highest BCUT2D eigenvalue weighted by molar-refractivity contribution is 6.26. The van der Waals surface area contributed by atoms with Crippen molar-refractivity contribution in [3.05, 3.63) is 93.7 Å². The number of aromatic hydroxyl groups is 1. The Morgan fingerprint density at radius 1 is 0.959 bits per heavy atom. The second-order valence-corrected chi connectivity index (χ2v) is 14.5. The second kappa shape index (κ2) is 11.5. The summed E-state index contributed by atoms with van der Waals surface area (Å²) in [4.78, 5) is 35.2. The molecule has 0 bridgehead atoms. The molecule has 0 amide bonds. The number of hydrogen-bond donors (Lipinski definition) is 3. The zero-order valence-corrected chi connectivity index (χ0v) is 28.0. The van der Waals surface area contributed by atoms with Crippen LogP contribution >= 0.6 is 0 Å². The SMILES string of the molecule is CN(C)C1CN(Cc2ccc3cc4c(c(O)c3c2)C(O)=C2C(=O)[C@]3(O)C(=O)c5c(OCc6ccccc6)noc5[C@@H](N(C)C)[C@@H]3C[C@@H]2C4)C1. The minimum Gasteiger partial charge on any atom is -0.507 e. The van der Waals surface area contributed by atoms with Crippen LogP contribution in [0.1, 0.15) is 50.8 Å². The number of phenols is 1. The molecule has 49 heavy (non-hydrogen) atoms. The molecular formula is C38H40N4O7. The van der Waals surface area contributed by atoms with Crippen molar-refractivity contribution in [3.63, 3.8) is 0 Å². The normalized spacial score (nSPS) is 25.3. The van der Waals surface area contributed by atoms with Crippen molar-refractivity contribution in [1.82, 2.24) is 19.9 Å². The molecule has 0 unspecified atom stereocenters. The Bertz CT molecular complexity index is 2030. The third kappa shape index (κ3) is 4.82. The van der Waals surface area contributed by atoms with Gasteiger partial charge in [-0.2, -0.15) is 0 Å². The van der Waals surface area contributed by atoms with Crippen LogP contribution in [0.5, 0.6) is 11.6 Å². The van der Waals surface area contributed by atoms with Gasteiger partial charge in [0.15, 0.2) is 11.4 Å². The first-order valence-corrected chi connectivity index (χ1v) is 16.7. The van der Waals surface area contributed by atoms with Crippen LogP contribution in [0.3, 0.4) is 0 Å². The van der Waals surface area contributed by atoms with Gasteiger partial charge in [-0.05, 0) is 80.2 Å². The molecule has 4 aromatic rings. The van der Waals surface area contributed by atoms with E-state index in [-0.39, 0.29) is 47.1 Å². The molecule has 4 aliphatic rings. The van der Waals surface area contributed by atoms with Crippen molar-refractivity contribution >= 4 is 28.1 Å². The van der Waals surface area contributed by atoms with Crippen molar-refractivity contribution in [2.45, 2.75) is 43.7 Å². The lowest BCUT2D eigenvalue weighted by atomic mass is 9.57. The average molecular weight is 665 g/mol. The third-order valence-corrected chi connectivity index (χ3v) is 11.1. The quantitative estimate of drug-likeness (QED) is 0.246. The van der Waals surface area contributed by atoms with Crippen LogP contribution in [0.4, 0.5) is 0 Å². The standard InChI is InChI=1S/C38H40N4O7/c1-40(2)25-17-42(18-25)16-21-10-11-22-13-23-14-24-15-27-31(41(3)4)34-30(37(39-49-34)48-19-20-8-6-5-7-9-20)36(46)38(27,47)35(45)29(24)33(44)28(23)32(43)26(22)12-21/h5-13,24-25,27,31,43-44,47H,14-19H2,1-4H3/t24-,27-,31-,38-/m0/s1. The molecule has 1 saturated carbocycles. The highest BCUT2D eigenvalue weighted by atomic mass is 16.5. The fourth-order valence-electron chi connectivity index (χ4n) is 8.42. The molecule has 2 heterocycles. The Balaban J connectivity index is 1.16. The van der Waals surface area contributed by atoms with Gasteiger partial charge in [-0.1, -0.05) is 48.5 Å². The maximum Gasteiger partial charge on any atom is 0.265 e. The molecule has 8 rings (SSSR count). The first-order chi connectivity index (χ1) is 23.5. The van der Waals surface area contributed by atoms with Crippen LogP contribution < -0.4 is 4.74 Å². The van der Waals surface area contributed by atoms with Crippen molar-refractivity contribution in [1.29, 1.82) is 0 Å². The number of aromatic nitrogens is 1. The summed E-state index contributed by atoms with van der Waals surface area (Å²) in [6.07, 6.45) is 0.568. The number of Topliss-reactive ketones (excluding diaryl/α,β-unsaturated/α-hetero) is 2. The number of aliphatic hydroxyl groups is 2. The van der Waals surface area contributed by atoms with E-state index in [9.17, 15) is 24.9 Å². The molecule has 2 fully saturated rings. The van der Waals surface area contributed by atoms with Crippen LogP contribution in [0.25, 0.3) is 16.5 Å². The Morgan fingerprint density at radius 2 is 1.71 bits per heavy atom. The van der Waals surface area contributed by atoms with E-state index in [1.165, 1.54) is 0 Å². The summed E-state index contributed by atoms with van der Waals surface area (Å²) < 4.78 is 11.6. The number of hydrogen-bond acceptors (Lipinski definition) is 11. The van der Waals surface area contributed by atoms with E-state index in [0.29, 0.717) is 23.4 Å². The number of aliphatic hydroxyl groups excluding tert-OH is 1. The predicted octanol–water partition coefficient (Wildman–Crippen LogP) is 4.12. The Hall–Kier alpha value is -4.55. The second-order valence-electron chi connectivity index (χ2n) is 14.5. The van der Waals surface area contributed by atoms with Gasteiger partial charge in [0.05, 0.1) is 11.6 Å². The summed E-state index contributed by atoms with van der Waals surface area (Å²) in [6.45, 7) is 2.76. The molecule has 1 aromatic heterocycles. The highest BCUT2D eigenvalue weighted by Crippen LogP contribution is 2.56. The van der Waals surface area contributed by atoms with Gasteiger partial charge in [0.1, 0.15) is 23.7 Å². The summed E-state index contributed by atoms with van der Waals surface area (Å²) in [6, 6.07) is 17.1. The van der Waals surface area contributed by atoms with E-state index in [1.54, 1.807) is 14.1 Å². The number of nitrogens with zero attached hydrogens (tertiary/aromatic N) is 4. The van der Waals surface area contributed by atoms with E-state index in [0.717, 1.165) is 36.1 Å². The number of fused-ring (bicyclic) bond motifs is 5. The van der Waals surface area contributed by atoms with E-state index in [2.05, 4.69) is 35.1 Å². The number of ketones is 2. The van der Waals surface area contributed by atoms with E-state index in [1.807, 2.05) is 53.4 Å². The lowest BCUT2D eigenvalue weighted by Crippen LogP contribution is -2.63. The van der Waals surface area contributed by atoms with Gasteiger partial charge in [0, 0.05) is 42.6 Å². The lowest BCUT2D eigenvalue weighted by molar-refractivity contribution is -0.142. The van der Waals surface area contributed by atoms with Gasteiger partial charge in [-0.3, -0.25) is 19.4 Å². The van der Waals surface area contributed by atoms with Crippen LogP contribution in [-0.4, -0.2) is 99.7 Å². The number of rotatable bonds is 7. The Labute approximate surface area is 284 Å². The van der Waals surface area contributed by atoms with E-state index < -0.39 is 40.8 Å². The minimum atomic E-state index is -2.50. The molecule has 3 aromatic carbocycles. The molecule has 3 N–H and O–H groups in total. The zero-order valence-electron chi connectivity index (χ0n) is 28.0. The first kappa shape index (κ1) is 31.7. The van der Waals surface area contributed by atoms with Gasteiger partial charge in [-0.25, -0.2) is 0 Å². The largest absolute Gasteiger partial charge is 0.507 e. The maximum atomic E-state index is 14.5. The Morgan fingerprint density at radius 3 is 2.43 bits per heavy atom. The summed E-state index contributed by atoms with van der Waals surface area (Å²) in [5.74, 6) is -3.47. The minimum absolute atomic E-state index is 0.0372. The van der Waals surface area contributed by atoms with Gasteiger partial charge in [0.2, 0.25) is 11.6 Å². The molecule has 254 valence electrons. The van der Waals surface area contributed by atoms with E-state index >= 15 is 0 Å². The van der Waals surface area contributed by atoms with Crippen molar-refractivity contribution in [2.24, 2.45) is 11.8 Å². The fraction of sp³-hybridized carbons (Fsp3) is 0.395. The van der Waals surface area contributed by atoms with E-state index in [4.69, 9.17) is 9.26 Å². The number of ether oxygens (including phenoxy) is 1. The predicted molar refractivity (Wildman–Crippen MR) is 181 cm³/mol. The van der Waals surface area contributed by atoms with Crippen LogP contribution in [0, 0.1) is 11.8 Å². The molecule has 0 spiro atoms. The number of carbonyl (C=O) groups excluding carboxylic acids is 2. The molecular weight excluding hydrogens is 624 g/mol. The Kier molecular flexibility index (Phi) is 7.45. The monoisotopic (exact) mass is 664 g/mol. The maximum absolute atomic E-state index is 14.5. The molecule has 1 saturated heterocycles. The molecule has 11 heteroatoms. The third-order valence-electron chi connectivity index (χ3n) is 11.1. The zero-order chi connectivity index (χ0) is 34.4. The molecule has 4 atom stereocenters. The lowest BCUT2D eigenvalue weighted by Gasteiger charge is -2.49. The number of benzene rings is 3. The number of likely N-dealkylation sites (tertiary alicyclic amines) is 1. The number of carbonyl (C=O) groups is 2. The van der Waals surface area contributed by atoms with Gasteiger partial charge in [0.25, 0.3) is 5.88 Å². The van der Waals surface area contributed by atoms with Gasteiger partial charge < -0.3 is 29.5 Å². The topological polar surface area (TPSA) is 140 Å². The van der Waals surface area contributed by atoms with Crippen molar-refractivity contribution in [3.8, 4) is 11.6 Å². The van der Waals surface area contributed by atoms with Crippen molar-refractivity contribution < 1.29 is 34.2 Å². The molecule has 1 aliphatic heterocycles. The van der Waals surface area contributed by atoms with Crippen LogP contribution in [-0.2, 0) is 24.4 Å². The first-order valence-electron chi connectivity index (χ1n) is 16.7. The highest BCUT2D eigenvalue weighted by Gasteiger charge is 2.65. The number of phenolic OH excluding ortho intramolecular Hbond substituents is 1. The summed E-state index contributed by atoms with van der Waals surface area (Å²) in [7, 11) is 7.75. The number of likely N-dealkylation sites (N-methyl/N-ethyl adjacent to an activating group) is 1. The summed E-state index contributed by atoms with van der Waals surface area (Å²) in [5, 5.41) is 41.2. The molecule has 0 radical (unpaired) electrons. The summed E-state index contributed by atoms with van der Waals surface area (Å²) >= 11 is 0. The van der Waals surface area contributed by atoms with Crippen molar-refractivity contribution in [2.75, 3.05) is 41.3 Å².